The summed E-state index contributed by atoms with van der Waals surface area (Å²) in [6, 6.07) is 10.4. The van der Waals surface area contributed by atoms with Crippen molar-refractivity contribution >= 4 is 38.3 Å². The van der Waals surface area contributed by atoms with Gasteiger partial charge >= 0.3 is 0 Å². The first-order chi connectivity index (χ1) is 14.1. The molecule has 2 heterocycles. The zero-order chi connectivity index (χ0) is 20.4. The van der Waals surface area contributed by atoms with Crippen LogP contribution in [0.5, 0.6) is 5.75 Å². The van der Waals surface area contributed by atoms with Gasteiger partial charge in [-0.25, -0.2) is 0 Å². The molecule has 8 heteroatoms. The van der Waals surface area contributed by atoms with E-state index in [1.54, 1.807) is 7.11 Å². The number of benzene rings is 2. The van der Waals surface area contributed by atoms with Gasteiger partial charge in [-0.2, -0.15) is 0 Å². The van der Waals surface area contributed by atoms with Gasteiger partial charge in [0.2, 0.25) is 0 Å². The van der Waals surface area contributed by atoms with Crippen LogP contribution in [-0.2, 0) is 0 Å². The molecule has 1 aliphatic rings. The van der Waals surface area contributed by atoms with Crippen LogP contribution in [0.3, 0.4) is 0 Å². The highest BCUT2D eigenvalue weighted by Gasteiger charge is 2.19. The predicted octanol–water partition coefficient (Wildman–Crippen LogP) is 3.69. The Balaban J connectivity index is 1.73. The van der Waals surface area contributed by atoms with Crippen LogP contribution in [0.2, 0.25) is 0 Å². The second kappa shape index (κ2) is 8.51. The Labute approximate surface area is 179 Å². The van der Waals surface area contributed by atoms with Crippen LogP contribution in [0.15, 0.2) is 34.8 Å². The van der Waals surface area contributed by atoms with E-state index in [-0.39, 0.29) is 6.04 Å². The summed E-state index contributed by atoms with van der Waals surface area (Å²) in [7, 11) is 1.69. The maximum Gasteiger partial charge on any atom is 0.160 e. The minimum Gasteiger partial charge on any atom is -0.495 e. The first-order valence-electron chi connectivity index (χ1n) is 9.77. The average Bonchev–Trinajstić information content (AvgIpc) is 2.75. The van der Waals surface area contributed by atoms with Crippen molar-refractivity contribution in [2.45, 2.75) is 19.9 Å². The number of aromatic nitrogens is 3. The second-order valence-corrected chi connectivity index (χ2v) is 8.09. The Hall–Kier alpha value is -2.45. The summed E-state index contributed by atoms with van der Waals surface area (Å²) in [6.45, 7) is 8.02. The van der Waals surface area contributed by atoms with Gasteiger partial charge in [-0.3, -0.25) is 0 Å². The van der Waals surface area contributed by atoms with Crippen LogP contribution in [0.1, 0.15) is 24.1 Å². The number of hydrogen-bond acceptors (Lipinski definition) is 7. The molecule has 0 aliphatic carbocycles. The minimum atomic E-state index is 0.0668. The van der Waals surface area contributed by atoms with Gasteiger partial charge in [0.25, 0.3) is 0 Å². The summed E-state index contributed by atoms with van der Waals surface area (Å²) in [5, 5.41) is 20.4. The smallest absolute Gasteiger partial charge is 0.160 e. The Morgan fingerprint density at radius 2 is 2.00 bits per heavy atom. The topological polar surface area (TPSA) is 75.2 Å². The lowest BCUT2D eigenvalue weighted by atomic mass is 10.0. The molecule has 29 heavy (non-hydrogen) atoms. The molecule has 1 atom stereocenters. The van der Waals surface area contributed by atoms with E-state index < -0.39 is 0 Å². The maximum absolute atomic E-state index is 5.65. The van der Waals surface area contributed by atoms with E-state index in [1.807, 2.05) is 12.1 Å². The lowest BCUT2D eigenvalue weighted by Gasteiger charge is -2.30. The second-order valence-electron chi connectivity index (χ2n) is 7.24. The Kier molecular flexibility index (Phi) is 5.82. The van der Waals surface area contributed by atoms with Crippen molar-refractivity contribution in [1.82, 2.24) is 20.7 Å². The van der Waals surface area contributed by atoms with Gasteiger partial charge in [0.05, 0.1) is 18.8 Å². The zero-order valence-electron chi connectivity index (χ0n) is 16.9. The number of nitrogens with zero attached hydrogens (tertiary/aromatic N) is 4. The third kappa shape index (κ3) is 4.00. The maximum atomic E-state index is 5.65. The monoisotopic (exact) mass is 456 g/mol. The third-order valence-electron chi connectivity index (χ3n) is 5.44. The van der Waals surface area contributed by atoms with E-state index in [0.29, 0.717) is 0 Å². The fourth-order valence-corrected chi connectivity index (χ4v) is 4.18. The molecule has 0 spiro atoms. The summed E-state index contributed by atoms with van der Waals surface area (Å²) >= 11 is 3.62. The molecule has 1 aliphatic heterocycles. The van der Waals surface area contributed by atoms with Gasteiger partial charge in [0, 0.05) is 42.1 Å². The number of anilines is 2. The molecule has 0 radical (unpaired) electrons. The molecule has 3 aromatic rings. The van der Waals surface area contributed by atoms with E-state index in [2.05, 4.69) is 78.9 Å². The van der Waals surface area contributed by atoms with Crippen molar-refractivity contribution in [3.8, 4) is 5.75 Å². The molecule has 0 unspecified atom stereocenters. The van der Waals surface area contributed by atoms with E-state index in [9.17, 15) is 0 Å². The predicted molar refractivity (Wildman–Crippen MR) is 120 cm³/mol. The fraction of sp³-hybridized carbons (Fsp3) is 0.381. The summed E-state index contributed by atoms with van der Waals surface area (Å²) in [4.78, 5) is 2.33. The quantitative estimate of drug-likeness (QED) is 0.606. The minimum absolute atomic E-state index is 0.0668. The standard InChI is InChI=1S/C21H25BrN6O/c1-13-15(5-4-6-17(13)22)14(2)24-21-16-11-19(28-9-7-23-8-10-28)20(29-3)12-18(16)25-27-26-21/h4-6,11-12,14,23H,7-10H2,1-3H3,(H,24,25,26)/t14-/m1/s1. The van der Waals surface area contributed by atoms with E-state index in [1.165, 1.54) is 11.1 Å². The SMILES string of the molecule is COc1cc2nnnc(N[C@H](C)c3cccc(Br)c3C)c2cc1N1CCNCC1. The van der Waals surface area contributed by atoms with Gasteiger partial charge < -0.3 is 20.3 Å². The van der Waals surface area contributed by atoms with Crippen molar-refractivity contribution in [3.05, 3.63) is 45.9 Å². The number of rotatable bonds is 5. The number of halogens is 1. The van der Waals surface area contributed by atoms with Gasteiger partial charge in [-0.05, 0) is 42.3 Å². The van der Waals surface area contributed by atoms with Crippen LogP contribution in [0.4, 0.5) is 11.5 Å². The average molecular weight is 457 g/mol. The third-order valence-corrected chi connectivity index (χ3v) is 6.30. The normalized spacial score (nSPS) is 15.4. The number of ether oxygens (including phenoxy) is 1. The van der Waals surface area contributed by atoms with Gasteiger partial charge in [0.1, 0.15) is 11.3 Å². The number of nitrogens with one attached hydrogen (secondary N) is 2. The molecule has 152 valence electrons. The van der Waals surface area contributed by atoms with Gasteiger partial charge in [0.15, 0.2) is 5.82 Å². The highest BCUT2D eigenvalue weighted by atomic mass is 79.9. The van der Waals surface area contributed by atoms with Crippen LogP contribution >= 0.6 is 15.9 Å². The largest absolute Gasteiger partial charge is 0.495 e. The Bertz CT molecular complexity index is 1020. The first kappa shape index (κ1) is 19.8. The Morgan fingerprint density at radius 1 is 1.21 bits per heavy atom. The van der Waals surface area contributed by atoms with Crippen molar-refractivity contribution in [3.63, 3.8) is 0 Å². The molecule has 1 fully saturated rings. The molecular weight excluding hydrogens is 432 g/mol. The van der Waals surface area contributed by atoms with Crippen LogP contribution in [0.25, 0.3) is 10.9 Å². The van der Waals surface area contributed by atoms with Crippen molar-refractivity contribution in [2.75, 3.05) is 43.5 Å². The van der Waals surface area contributed by atoms with Crippen LogP contribution in [-0.4, -0.2) is 48.7 Å². The lowest BCUT2D eigenvalue weighted by molar-refractivity contribution is 0.413. The van der Waals surface area contributed by atoms with E-state index >= 15 is 0 Å². The molecule has 2 N–H and O–H groups in total. The number of hydrogen-bond donors (Lipinski definition) is 2. The highest BCUT2D eigenvalue weighted by molar-refractivity contribution is 9.10. The van der Waals surface area contributed by atoms with Crippen LogP contribution < -0.4 is 20.3 Å². The van der Waals surface area contributed by atoms with E-state index in [0.717, 1.165) is 58.8 Å². The fourth-order valence-electron chi connectivity index (χ4n) is 3.80. The molecule has 2 aromatic carbocycles. The molecule has 1 aromatic heterocycles. The van der Waals surface area contributed by atoms with Crippen molar-refractivity contribution in [1.29, 1.82) is 0 Å². The van der Waals surface area contributed by atoms with E-state index in [4.69, 9.17) is 4.74 Å². The molecule has 4 rings (SSSR count). The summed E-state index contributed by atoms with van der Waals surface area (Å²) in [5.74, 6) is 1.53. The van der Waals surface area contributed by atoms with Gasteiger partial charge in [-0.15, -0.1) is 10.2 Å². The molecule has 0 amide bonds. The number of piperazine rings is 1. The van der Waals surface area contributed by atoms with Gasteiger partial charge in [-0.1, -0.05) is 28.1 Å². The number of fused-ring (bicyclic) bond motifs is 1. The van der Waals surface area contributed by atoms with Crippen LogP contribution in [0, 0.1) is 6.92 Å². The molecule has 0 saturated carbocycles. The first-order valence-corrected chi connectivity index (χ1v) is 10.6. The zero-order valence-corrected chi connectivity index (χ0v) is 18.5. The Morgan fingerprint density at radius 3 is 2.76 bits per heavy atom. The highest BCUT2D eigenvalue weighted by Crippen LogP contribution is 2.36. The number of methoxy groups -OCH3 is 1. The molecule has 0 bridgehead atoms. The summed E-state index contributed by atoms with van der Waals surface area (Å²) < 4.78 is 6.75. The molecular formula is C21H25BrN6O. The molecule has 1 saturated heterocycles. The lowest BCUT2D eigenvalue weighted by Crippen LogP contribution is -2.43. The summed E-state index contributed by atoms with van der Waals surface area (Å²) in [5.41, 5.74) is 4.24. The molecule has 7 nitrogen and oxygen atoms in total. The summed E-state index contributed by atoms with van der Waals surface area (Å²) in [6.07, 6.45) is 0. The van der Waals surface area contributed by atoms with Crippen molar-refractivity contribution < 1.29 is 4.74 Å². The van der Waals surface area contributed by atoms with Crippen molar-refractivity contribution in [2.24, 2.45) is 0 Å².